The van der Waals surface area contributed by atoms with Gasteiger partial charge >= 0.3 is 0 Å². The van der Waals surface area contributed by atoms with Crippen LogP contribution in [0, 0.1) is 0 Å². The number of aromatic nitrogens is 2. The van der Waals surface area contributed by atoms with Gasteiger partial charge in [0, 0.05) is 6.42 Å². The van der Waals surface area contributed by atoms with Crippen LogP contribution in [-0.2, 0) is 4.79 Å². The van der Waals surface area contributed by atoms with Gasteiger partial charge in [0.1, 0.15) is 6.33 Å². The molecule has 1 amide bonds. The Bertz CT molecular complexity index is 583. The standard InChI is InChI=1S/C24H41N3O3/c1-4-5-6-7-8-9-10-11-12-13-14-15-16-17-18-19-21(28)27-22-23(29-2)25-20-26-24(22)30-3/h11-12,20H,4-10,13-19H2,1-3H3,(H,27,28). The molecule has 6 nitrogen and oxygen atoms in total. The molecule has 30 heavy (non-hydrogen) atoms. The predicted molar refractivity (Wildman–Crippen MR) is 123 cm³/mol. The van der Waals surface area contributed by atoms with Crippen LogP contribution in [0.2, 0.25) is 0 Å². The van der Waals surface area contributed by atoms with Crippen LogP contribution >= 0.6 is 0 Å². The van der Waals surface area contributed by atoms with Crippen molar-refractivity contribution in [3.8, 4) is 11.8 Å². The lowest BCUT2D eigenvalue weighted by Gasteiger charge is -2.11. The maximum Gasteiger partial charge on any atom is 0.244 e. The van der Waals surface area contributed by atoms with Crippen molar-refractivity contribution in [2.75, 3.05) is 19.5 Å². The third-order valence-electron chi connectivity index (χ3n) is 5.09. The molecule has 0 radical (unpaired) electrons. The van der Waals surface area contributed by atoms with Crippen LogP contribution in [-0.4, -0.2) is 30.1 Å². The van der Waals surface area contributed by atoms with E-state index in [4.69, 9.17) is 9.47 Å². The molecule has 0 aliphatic heterocycles. The lowest BCUT2D eigenvalue weighted by molar-refractivity contribution is -0.116. The number of anilines is 1. The average Bonchev–Trinajstić information content (AvgIpc) is 2.76. The second kappa shape index (κ2) is 17.7. The minimum atomic E-state index is -0.0703. The SMILES string of the molecule is CCCCCCCCC=CCCCCCCCC(=O)Nc1c(OC)ncnc1OC. The molecule has 1 heterocycles. The van der Waals surface area contributed by atoms with Crippen LogP contribution in [0.4, 0.5) is 5.69 Å². The molecular formula is C24H41N3O3. The van der Waals surface area contributed by atoms with Crippen LogP contribution in [0.5, 0.6) is 11.8 Å². The summed E-state index contributed by atoms with van der Waals surface area (Å²) in [5.41, 5.74) is 0.389. The van der Waals surface area contributed by atoms with Gasteiger partial charge in [-0.2, -0.15) is 9.97 Å². The molecule has 0 spiro atoms. The first-order valence-corrected chi connectivity index (χ1v) is 11.6. The minimum absolute atomic E-state index is 0.0703. The highest BCUT2D eigenvalue weighted by Gasteiger charge is 2.15. The molecule has 170 valence electrons. The van der Waals surface area contributed by atoms with Gasteiger partial charge in [-0.25, -0.2) is 0 Å². The summed E-state index contributed by atoms with van der Waals surface area (Å²) in [6.07, 6.45) is 22.6. The molecule has 0 unspecified atom stereocenters. The number of unbranched alkanes of at least 4 members (excludes halogenated alkanes) is 11. The Labute approximate surface area is 182 Å². The summed E-state index contributed by atoms with van der Waals surface area (Å²) in [6.45, 7) is 2.26. The third kappa shape index (κ3) is 11.8. The molecule has 0 saturated heterocycles. The first-order chi connectivity index (χ1) is 14.7. The van der Waals surface area contributed by atoms with Gasteiger partial charge < -0.3 is 14.8 Å². The zero-order chi connectivity index (χ0) is 21.9. The molecule has 1 aromatic rings. The third-order valence-corrected chi connectivity index (χ3v) is 5.09. The number of allylic oxidation sites excluding steroid dienone is 2. The van der Waals surface area contributed by atoms with E-state index in [2.05, 4.69) is 34.4 Å². The van der Waals surface area contributed by atoms with Gasteiger partial charge in [0.05, 0.1) is 14.2 Å². The number of nitrogens with zero attached hydrogens (tertiary/aromatic N) is 2. The van der Waals surface area contributed by atoms with Crippen LogP contribution in [0.25, 0.3) is 0 Å². The average molecular weight is 420 g/mol. The van der Waals surface area contributed by atoms with Gasteiger partial charge in [0.2, 0.25) is 17.7 Å². The van der Waals surface area contributed by atoms with Crippen molar-refractivity contribution in [2.24, 2.45) is 0 Å². The van der Waals surface area contributed by atoms with Crippen molar-refractivity contribution in [2.45, 2.75) is 96.8 Å². The van der Waals surface area contributed by atoms with Gasteiger partial charge in [-0.05, 0) is 32.1 Å². The number of rotatable bonds is 18. The number of amides is 1. The maximum absolute atomic E-state index is 12.2. The van der Waals surface area contributed by atoms with E-state index in [1.165, 1.54) is 91.2 Å². The van der Waals surface area contributed by atoms with Crippen molar-refractivity contribution in [3.05, 3.63) is 18.5 Å². The normalized spacial score (nSPS) is 11.0. The van der Waals surface area contributed by atoms with Crippen molar-refractivity contribution in [1.82, 2.24) is 9.97 Å². The lowest BCUT2D eigenvalue weighted by Crippen LogP contribution is -2.14. The van der Waals surface area contributed by atoms with Crippen molar-refractivity contribution in [3.63, 3.8) is 0 Å². The smallest absolute Gasteiger partial charge is 0.244 e. The number of nitrogens with one attached hydrogen (secondary N) is 1. The summed E-state index contributed by atoms with van der Waals surface area (Å²) >= 11 is 0. The van der Waals surface area contributed by atoms with Crippen LogP contribution in [0.15, 0.2) is 18.5 Å². The number of hydrogen-bond acceptors (Lipinski definition) is 5. The quantitative estimate of drug-likeness (QED) is 0.218. The van der Waals surface area contributed by atoms with E-state index < -0.39 is 0 Å². The van der Waals surface area contributed by atoms with Crippen LogP contribution in [0.3, 0.4) is 0 Å². The first kappa shape index (κ1) is 25.9. The number of methoxy groups -OCH3 is 2. The van der Waals surface area contributed by atoms with Crippen molar-refractivity contribution in [1.29, 1.82) is 0 Å². The summed E-state index contributed by atoms with van der Waals surface area (Å²) < 4.78 is 10.3. The van der Waals surface area contributed by atoms with Gasteiger partial charge in [-0.1, -0.05) is 70.4 Å². The highest BCUT2D eigenvalue weighted by Crippen LogP contribution is 2.29. The van der Waals surface area contributed by atoms with E-state index in [1.54, 1.807) is 0 Å². The molecule has 0 aromatic carbocycles. The Morgan fingerprint density at radius 3 is 1.87 bits per heavy atom. The van der Waals surface area contributed by atoms with Crippen LogP contribution in [0.1, 0.15) is 96.8 Å². The number of carbonyl (C=O) groups excluding carboxylic acids is 1. The fraction of sp³-hybridized carbons (Fsp3) is 0.708. The molecule has 0 aliphatic rings. The summed E-state index contributed by atoms with van der Waals surface area (Å²) in [7, 11) is 3.00. The molecule has 0 fully saturated rings. The van der Waals surface area contributed by atoms with E-state index in [-0.39, 0.29) is 5.91 Å². The molecular weight excluding hydrogens is 378 g/mol. The second-order valence-electron chi connectivity index (χ2n) is 7.65. The van der Waals surface area contributed by atoms with Crippen molar-refractivity contribution < 1.29 is 14.3 Å². The number of carbonyl (C=O) groups is 1. The summed E-state index contributed by atoms with van der Waals surface area (Å²) in [4.78, 5) is 20.2. The topological polar surface area (TPSA) is 73.3 Å². The van der Waals surface area contributed by atoms with E-state index >= 15 is 0 Å². The number of ether oxygens (including phenoxy) is 2. The highest BCUT2D eigenvalue weighted by atomic mass is 16.5. The minimum Gasteiger partial charge on any atom is -0.479 e. The molecule has 0 saturated carbocycles. The molecule has 6 heteroatoms. The molecule has 1 aromatic heterocycles. The van der Waals surface area contributed by atoms with E-state index in [0.29, 0.717) is 23.9 Å². The highest BCUT2D eigenvalue weighted by molar-refractivity contribution is 5.93. The molecule has 0 aliphatic carbocycles. The largest absolute Gasteiger partial charge is 0.479 e. The second-order valence-corrected chi connectivity index (χ2v) is 7.65. The Morgan fingerprint density at radius 2 is 1.33 bits per heavy atom. The van der Waals surface area contributed by atoms with Crippen molar-refractivity contribution >= 4 is 11.6 Å². The molecule has 1 N–H and O–H groups in total. The van der Waals surface area contributed by atoms with Crippen LogP contribution < -0.4 is 14.8 Å². The van der Waals surface area contributed by atoms with E-state index in [1.807, 2.05) is 0 Å². The Kier molecular flexibility index (Phi) is 15.3. The summed E-state index contributed by atoms with van der Waals surface area (Å²) in [6, 6.07) is 0. The molecule has 1 rings (SSSR count). The fourth-order valence-corrected chi connectivity index (χ4v) is 3.33. The summed E-state index contributed by atoms with van der Waals surface area (Å²) in [5.74, 6) is 0.540. The van der Waals surface area contributed by atoms with Gasteiger partial charge in [0.15, 0.2) is 5.69 Å². The van der Waals surface area contributed by atoms with Gasteiger partial charge in [0.25, 0.3) is 0 Å². The lowest BCUT2D eigenvalue weighted by atomic mass is 10.1. The Balaban J connectivity index is 2.03. The maximum atomic E-state index is 12.2. The first-order valence-electron chi connectivity index (χ1n) is 11.6. The Hall–Kier alpha value is -2.11. The van der Waals surface area contributed by atoms with E-state index in [0.717, 1.165) is 12.8 Å². The zero-order valence-corrected chi connectivity index (χ0v) is 19.3. The van der Waals surface area contributed by atoms with Gasteiger partial charge in [-0.15, -0.1) is 0 Å². The zero-order valence-electron chi connectivity index (χ0n) is 19.3. The van der Waals surface area contributed by atoms with Gasteiger partial charge in [-0.3, -0.25) is 4.79 Å². The predicted octanol–water partition coefficient (Wildman–Crippen LogP) is 6.47. The monoisotopic (exact) mass is 419 g/mol. The summed E-state index contributed by atoms with van der Waals surface area (Å²) in [5, 5.41) is 2.81. The molecule has 0 atom stereocenters. The van der Waals surface area contributed by atoms with E-state index in [9.17, 15) is 4.79 Å². The fourth-order valence-electron chi connectivity index (χ4n) is 3.33. The molecule has 0 bridgehead atoms. The Morgan fingerprint density at radius 1 is 0.833 bits per heavy atom. The number of hydrogen-bond donors (Lipinski definition) is 1.